The molecule has 2 aromatic rings. The molecule has 129 valence electrons. The number of hydrogen-bond donors (Lipinski definition) is 1. The molecule has 0 spiro atoms. The van der Waals surface area contributed by atoms with Crippen LogP contribution in [0, 0.1) is 26.1 Å². The molecule has 1 N–H and O–H groups in total. The molecule has 0 amide bonds. The first-order chi connectivity index (χ1) is 12.0. The molecule has 1 saturated carbocycles. The van der Waals surface area contributed by atoms with Crippen molar-refractivity contribution in [1.82, 2.24) is 0 Å². The molecular formula is C18H17N2O5. The van der Waals surface area contributed by atoms with Crippen LogP contribution in [0.2, 0.25) is 0 Å². The number of aliphatic hydroxyl groups is 1. The summed E-state index contributed by atoms with van der Waals surface area (Å²) in [5.74, 6) is 0.0526. The molecule has 1 fully saturated rings. The van der Waals surface area contributed by atoms with Crippen LogP contribution in [0.5, 0.6) is 0 Å². The third-order valence-corrected chi connectivity index (χ3v) is 4.62. The lowest BCUT2D eigenvalue weighted by Gasteiger charge is -2.35. The highest BCUT2D eigenvalue weighted by molar-refractivity contribution is 5.55. The topological polar surface area (TPSA) is 107 Å². The fourth-order valence-electron chi connectivity index (χ4n) is 3.57. The highest BCUT2D eigenvalue weighted by Crippen LogP contribution is 2.47. The lowest BCUT2D eigenvalue weighted by molar-refractivity contribution is -0.386. The van der Waals surface area contributed by atoms with Gasteiger partial charge in [0.1, 0.15) is 0 Å². The van der Waals surface area contributed by atoms with E-state index in [1.165, 1.54) is 12.1 Å². The minimum absolute atomic E-state index is 0.0461. The highest BCUT2D eigenvalue weighted by Gasteiger charge is 2.40. The normalized spacial score (nSPS) is 21.0. The van der Waals surface area contributed by atoms with Gasteiger partial charge < -0.3 is 5.11 Å². The van der Waals surface area contributed by atoms with Crippen molar-refractivity contribution in [3.05, 3.63) is 85.8 Å². The van der Waals surface area contributed by atoms with Crippen LogP contribution in [0.3, 0.4) is 0 Å². The number of rotatable bonds is 4. The Bertz CT molecular complexity index is 808. The zero-order valence-corrected chi connectivity index (χ0v) is 13.4. The number of nitrogens with zero attached hydrogens (tertiary/aromatic N) is 2. The summed E-state index contributed by atoms with van der Waals surface area (Å²) in [5, 5.41) is 33.4. The van der Waals surface area contributed by atoms with E-state index in [-0.39, 0.29) is 11.4 Å². The van der Waals surface area contributed by atoms with Gasteiger partial charge in [-0.25, -0.2) is 0 Å². The second kappa shape index (κ2) is 6.98. The molecule has 0 bridgehead atoms. The number of nitro benzene ring substituents is 2. The van der Waals surface area contributed by atoms with Crippen LogP contribution in [0.1, 0.15) is 36.3 Å². The fourth-order valence-corrected chi connectivity index (χ4v) is 3.57. The summed E-state index contributed by atoms with van der Waals surface area (Å²) < 4.78 is 0. The van der Waals surface area contributed by atoms with Crippen molar-refractivity contribution in [3.8, 4) is 0 Å². The van der Waals surface area contributed by atoms with Gasteiger partial charge in [-0.2, -0.15) is 0 Å². The first kappa shape index (κ1) is 17.0. The van der Waals surface area contributed by atoms with Gasteiger partial charge in [0.15, 0.2) is 0 Å². The Morgan fingerprint density at radius 1 is 0.920 bits per heavy atom. The molecule has 0 saturated heterocycles. The Morgan fingerprint density at radius 3 is 2.20 bits per heavy atom. The predicted octanol–water partition coefficient (Wildman–Crippen LogP) is 3.75. The fraction of sp³-hybridized carbons (Fsp3) is 0.278. The average molecular weight is 341 g/mol. The van der Waals surface area contributed by atoms with Crippen molar-refractivity contribution < 1.29 is 15.0 Å². The van der Waals surface area contributed by atoms with Gasteiger partial charge in [0.2, 0.25) is 0 Å². The first-order valence-corrected chi connectivity index (χ1v) is 8.01. The molecule has 7 heteroatoms. The smallest absolute Gasteiger partial charge is 0.273 e. The van der Waals surface area contributed by atoms with Crippen LogP contribution in [0.15, 0.2) is 48.5 Å². The minimum Gasteiger partial charge on any atom is -0.392 e. The summed E-state index contributed by atoms with van der Waals surface area (Å²) in [6, 6.07) is 12.6. The van der Waals surface area contributed by atoms with E-state index >= 15 is 0 Å². The van der Waals surface area contributed by atoms with E-state index < -0.39 is 21.9 Å². The molecule has 0 aromatic heterocycles. The van der Waals surface area contributed by atoms with E-state index in [9.17, 15) is 25.3 Å². The second-order valence-corrected chi connectivity index (χ2v) is 6.05. The molecule has 2 unspecified atom stereocenters. The number of hydrogen-bond acceptors (Lipinski definition) is 5. The average Bonchev–Trinajstić information content (AvgIpc) is 2.61. The maximum atomic E-state index is 11.4. The van der Waals surface area contributed by atoms with Gasteiger partial charge in [-0.15, -0.1) is 0 Å². The number of aliphatic hydroxyl groups excluding tert-OH is 1. The summed E-state index contributed by atoms with van der Waals surface area (Å²) in [4.78, 5) is 21.8. The molecule has 0 heterocycles. The van der Waals surface area contributed by atoms with Crippen LogP contribution >= 0.6 is 0 Å². The maximum absolute atomic E-state index is 11.4. The predicted molar refractivity (Wildman–Crippen MR) is 91.1 cm³/mol. The van der Waals surface area contributed by atoms with Gasteiger partial charge in [0.05, 0.1) is 16.0 Å². The zero-order valence-electron chi connectivity index (χ0n) is 13.4. The van der Waals surface area contributed by atoms with E-state index in [0.717, 1.165) is 0 Å². The Morgan fingerprint density at radius 2 is 1.52 bits per heavy atom. The lowest BCUT2D eigenvalue weighted by Crippen LogP contribution is -2.30. The van der Waals surface area contributed by atoms with Crippen molar-refractivity contribution in [2.45, 2.75) is 31.3 Å². The molecule has 2 atom stereocenters. The number of nitro groups is 2. The summed E-state index contributed by atoms with van der Waals surface area (Å²) in [5.41, 5.74) is 0.710. The Hall–Kier alpha value is -2.80. The summed E-state index contributed by atoms with van der Waals surface area (Å²) in [6.07, 6.45) is 0.920. The summed E-state index contributed by atoms with van der Waals surface area (Å²) in [6.45, 7) is 0. The van der Waals surface area contributed by atoms with Crippen LogP contribution in [0.4, 0.5) is 11.4 Å². The van der Waals surface area contributed by atoms with E-state index in [4.69, 9.17) is 0 Å². The molecule has 1 radical (unpaired) electrons. The highest BCUT2D eigenvalue weighted by atomic mass is 16.6. The van der Waals surface area contributed by atoms with E-state index in [0.29, 0.717) is 36.3 Å². The Kier molecular flexibility index (Phi) is 4.76. The van der Waals surface area contributed by atoms with Crippen molar-refractivity contribution >= 4 is 11.4 Å². The van der Waals surface area contributed by atoms with Gasteiger partial charge in [0.25, 0.3) is 11.4 Å². The van der Waals surface area contributed by atoms with Gasteiger partial charge in [-0.3, -0.25) is 20.2 Å². The van der Waals surface area contributed by atoms with Gasteiger partial charge in [-0.05, 0) is 19.3 Å². The Balaban J connectivity index is 2.13. The standard InChI is InChI=1S/C18H17N2O5/c21-17-11-5-8-13(12-6-1-3-9-15(12)19(22)23)18(17)14-7-2-4-10-16(14)20(24)25/h1-4,6-7,9-10,17-18,21H,5,8,11H2. The van der Waals surface area contributed by atoms with Gasteiger partial charge in [-0.1, -0.05) is 36.4 Å². The summed E-state index contributed by atoms with van der Waals surface area (Å²) >= 11 is 0. The molecule has 1 aliphatic carbocycles. The van der Waals surface area contributed by atoms with Crippen LogP contribution in [-0.4, -0.2) is 21.1 Å². The lowest BCUT2D eigenvalue weighted by atomic mass is 9.70. The van der Waals surface area contributed by atoms with Crippen molar-refractivity contribution in [3.63, 3.8) is 0 Å². The monoisotopic (exact) mass is 341 g/mol. The van der Waals surface area contributed by atoms with Crippen molar-refractivity contribution in [2.75, 3.05) is 0 Å². The molecule has 1 aliphatic rings. The number of para-hydroxylation sites is 2. The van der Waals surface area contributed by atoms with E-state index in [1.54, 1.807) is 36.4 Å². The van der Waals surface area contributed by atoms with Gasteiger partial charge >= 0.3 is 0 Å². The molecule has 0 aliphatic heterocycles. The van der Waals surface area contributed by atoms with E-state index in [1.807, 2.05) is 0 Å². The second-order valence-electron chi connectivity index (χ2n) is 6.05. The molecule has 7 nitrogen and oxygen atoms in total. The van der Waals surface area contributed by atoms with Gasteiger partial charge in [0, 0.05) is 35.1 Å². The van der Waals surface area contributed by atoms with Crippen molar-refractivity contribution in [1.29, 1.82) is 0 Å². The largest absolute Gasteiger partial charge is 0.392 e. The summed E-state index contributed by atoms with van der Waals surface area (Å²) in [7, 11) is 0. The quantitative estimate of drug-likeness (QED) is 0.673. The van der Waals surface area contributed by atoms with Crippen molar-refractivity contribution in [2.24, 2.45) is 0 Å². The van der Waals surface area contributed by atoms with Crippen LogP contribution < -0.4 is 0 Å². The van der Waals surface area contributed by atoms with Crippen LogP contribution in [-0.2, 0) is 0 Å². The van der Waals surface area contributed by atoms with Crippen LogP contribution in [0.25, 0.3) is 0 Å². The molecule has 2 aromatic carbocycles. The zero-order chi connectivity index (χ0) is 18.0. The minimum atomic E-state index is -0.815. The maximum Gasteiger partial charge on any atom is 0.273 e. The first-order valence-electron chi connectivity index (χ1n) is 8.01. The molecular weight excluding hydrogens is 324 g/mol. The van der Waals surface area contributed by atoms with E-state index in [2.05, 4.69) is 0 Å². The molecule has 3 rings (SSSR count). The third kappa shape index (κ3) is 3.23. The SMILES string of the molecule is O=[N+]([O-])c1ccccc1[C]1CCCC(O)C1c1ccccc1[N+](=O)[O-]. The Labute approximate surface area is 144 Å². The molecule has 25 heavy (non-hydrogen) atoms. The third-order valence-electron chi connectivity index (χ3n) is 4.62. The number of benzene rings is 2.